The monoisotopic (exact) mass is 337 g/mol. The first-order valence-electron chi connectivity index (χ1n) is 8.33. The number of benzene rings is 2. The van der Waals surface area contributed by atoms with Crippen molar-refractivity contribution in [3.05, 3.63) is 54.7 Å². The Balaban J connectivity index is 1.54. The molecule has 0 spiro atoms. The predicted molar refractivity (Wildman–Crippen MR) is 94.0 cm³/mol. The number of rotatable bonds is 4. The van der Waals surface area contributed by atoms with Crippen molar-refractivity contribution in [2.45, 2.75) is 0 Å². The maximum Gasteiger partial charge on any atom is 0.260 e. The Bertz CT molecular complexity index is 870. The molecule has 0 bridgehead atoms. The molecule has 4 rings (SSSR count). The highest BCUT2D eigenvalue weighted by molar-refractivity contribution is 5.87. The highest BCUT2D eigenvalue weighted by Crippen LogP contribution is 2.27. The second-order valence-corrected chi connectivity index (χ2v) is 5.86. The normalized spacial score (nSPS) is 14.6. The zero-order valence-corrected chi connectivity index (χ0v) is 13.8. The van der Waals surface area contributed by atoms with E-state index in [1.165, 1.54) is 0 Å². The van der Waals surface area contributed by atoms with Crippen LogP contribution in [0.3, 0.4) is 0 Å². The summed E-state index contributed by atoms with van der Waals surface area (Å²) in [4.78, 5) is 14.0. The molecule has 1 aliphatic rings. The summed E-state index contributed by atoms with van der Waals surface area (Å²) >= 11 is 0. The number of fused-ring (bicyclic) bond motifs is 1. The molecule has 128 valence electrons. The number of hydrogen-bond donors (Lipinski definition) is 0. The Kier molecular flexibility index (Phi) is 4.35. The predicted octanol–water partition coefficient (Wildman–Crippen LogP) is 2.26. The van der Waals surface area contributed by atoms with Crippen LogP contribution in [0, 0.1) is 0 Å². The summed E-state index contributed by atoms with van der Waals surface area (Å²) in [6.45, 7) is 2.45. The third-order valence-electron chi connectivity index (χ3n) is 4.29. The number of ether oxygens (including phenoxy) is 2. The Labute approximate surface area is 145 Å². The van der Waals surface area contributed by atoms with Gasteiger partial charge in [0.25, 0.3) is 5.91 Å². The molecule has 3 aromatic rings. The van der Waals surface area contributed by atoms with Gasteiger partial charge in [-0.15, -0.1) is 0 Å². The van der Waals surface area contributed by atoms with Crippen molar-refractivity contribution in [2.24, 2.45) is 0 Å². The molecule has 0 unspecified atom stereocenters. The van der Waals surface area contributed by atoms with E-state index in [2.05, 4.69) is 5.10 Å². The quantitative estimate of drug-likeness (QED) is 0.733. The van der Waals surface area contributed by atoms with Crippen LogP contribution >= 0.6 is 0 Å². The topological polar surface area (TPSA) is 56.6 Å². The summed E-state index contributed by atoms with van der Waals surface area (Å²) in [5, 5.41) is 5.36. The van der Waals surface area contributed by atoms with Gasteiger partial charge in [0.1, 0.15) is 5.75 Å². The van der Waals surface area contributed by atoms with Crippen LogP contribution < -0.4 is 4.74 Å². The van der Waals surface area contributed by atoms with Crippen LogP contribution in [-0.2, 0) is 9.53 Å². The lowest BCUT2D eigenvalue weighted by atomic mass is 10.2. The minimum Gasteiger partial charge on any atom is -0.483 e. The van der Waals surface area contributed by atoms with Gasteiger partial charge in [0.2, 0.25) is 0 Å². The van der Waals surface area contributed by atoms with Crippen LogP contribution in [0.25, 0.3) is 16.6 Å². The third-order valence-corrected chi connectivity index (χ3v) is 4.29. The molecular formula is C19H19N3O3. The molecule has 0 aliphatic carbocycles. The molecule has 25 heavy (non-hydrogen) atoms. The van der Waals surface area contributed by atoms with Crippen molar-refractivity contribution < 1.29 is 14.3 Å². The largest absolute Gasteiger partial charge is 0.483 e. The van der Waals surface area contributed by atoms with Crippen molar-refractivity contribution in [1.82, 2.24) is 14.7 Å². The van der Waals surface area contributed by atoms with E-state index in [1.807, 2.05) is 53.2 Å². The molecule has 0 N–H and O–H groups in total. The number of hydrogen-bond acceptors (Lipinski definition) is 4. The van der Waals surface area contributed by atoms with Gasteiger partial charge in [-0.25, -0.2) is 4.68 Å². The lowest BCUT2D eigenvalue weighted by molar-refractivity contribution is -0.137. The van der Waals surface area contributed by atoms with E-state index in [4.69, 9.17) is 9.47 Å². The number of morpholine rings is 1. The van der Waals surface area contributed by atoms with Gasteiger partial charge < -0.3 is 14.4 Å². The SMILES string of the molecule is O=C(COc1cccc2c1cnn2-c1ccccc1)N1CCOCC1. The van der Waals surface area contributed by atoms with Gasteiger partial charge in [-0.05, 0) is 24.3 Å². The number of amides is 1. The van der Waals surface area contributed by atoms with E-state index in [0.717, 1.165) is 16.6 Å². The van der Waals surface area contributed by atoms with Crippen LogP contribution in [0.5, 0.6) is 5.75 Å². The first-order valence-corrected chi connectivity index (χ1v) is 8.33. The summed E-state index contributed by atoms with van der Waals surface area (Å²) in [6.07, 6.45) is 1.77. The lowest BCUT2D eigenvalue weighted by Crippen LogP contribution is -2.42. The van der Waals surface area contributed by atoms with E-state index in [0.29, 0.717) is 32.1 Å². The second-order valence-electron chi connectivity index (χ2n) is 5.86. The van der Waals surface area contributed by atoms with E-state index in [9.17, 15) is 4.79 Å². The van der Waals surface area contributed by atoms with E-state index >= 15 is 0 Å². The average molecular weight is 337 g/mol. The number of nitrogens with zero attached hydrogens (tertiary/aromatic N) is 3. The number of carbonyl (C=O) groups is 1. The summed E-state index contributed by atoms with van der Waals surface area (Å²) in [5.41, 5.74) is 1.93. The molecule has 2 heterocycles. The van der Waals surface area contributed by atoms with Crippen LogP contribution in [0.4, 0.5) is 0 Å². The fourth-order valence-corrected chi connectivity index (χ4v) is 2.97. The van der Waals surface area contributed by atoms with Crippen molar-refractivity contribution in [1.29, 1.82) is 0 Å². The minimum absolute atomic E-state index is 0.0178. The standard InChI is InChI=1S/C19H19N3O3/c23-19(21-9-11-24-12-10-21)14-25-18-8-4-7-17-16(18)13-20-22(17)15-5-2-1-3-6-15/h1-8,13H,9-12,14H2. The number of para-hydroxylation sites is 1. The first kappa shape index (κ1) is 15.7. The summed E-state index contributed by atoms with van der Waals surface area (Å²) in [7, 11) is 0. The first-order chi connectivity index (χ1) is 12.3. The van der Waals surface area contributed by atoms with Crippen LogP contribution in [-0.4, -0.2) is 53.5 Å². The van der Waals surface area contributed by atoms with Crippen molar-refractivity contribution >= 4 is 16.8 Å². The van der Waals surface area contributed by atoms with Crippen LogP contribution in [0.2, 0.25) is 0 Å². The highest BCUT2D eigenvalue weighted by Gasteiger charge is 2.18. The lowest BCUT2D eigenvalue weighted by Gasteiger charge is -2.26. The molecule has 2 aromatic carbocycles. The van der Waals surface area contributed by atoms with Gasteiger partial charge in [0.15, 0.2) is 6.61 Å². The Morgan fingerprint density at radius 3 is 2.68 bits per heavy atom. The van der Waals surface area contributed by atoms with E-state index < -0.39 is 0 Å². The van der Waals surface area contributed by atoms with Crippen molar-refractivity contribution in [3.63, 3.8) is 0 Å². The zero-order valence-electron chi connectivity index (χ0n) is 13.8. The Morgan fingerprint density at radius 1 is 1.08 bits per heavy atom. The molecule has 1 amide bonds. The fourth-order valence-electron chi connectivity index (χ4n) is 2.97. The van der Waals surface area contributed by atoms with Gasteiger partial charge in [0.05, 0.1) is 36.0 Å². The average Bonchev–Trinajstić information content (AvgIpc) is 3.12. The highest BCUT2D eigenvalue weighted by atomic mass is 16.5. The van der Waals surface area contributed by atoms with Crippen LogP contribution in [0.15, 0.2) is 54.7 Å². The number of carbonyl (C=O) groups excluding carboxylic acids is 1. The molecule has 1 aromatic heterocycles. The second kappa shape index (κ2) is 6.94. The maximum absolute atomic E-state index is 12.3. The van der Waals surface area contributed by atoms with Gasteiger partial charge >= 0.3 is 0 Å². The van der Waals surface area contributed by atoms with E-state index in [-0.39, 0.29) is 12.5 Å². The molecule has 1 aliphatic heterocycles. The summed E-state index contributed by atoms with van der Waals surface area (Å²) < 4.78 is 12.9. The smallest absolute Gasteiger partial charge is 0.260 e. The third kappa shape index (κ3) is 3.21. The summed E-state index contributed by atoms with van der Waals surface area (Å²) in [5.74, 6) is 0.650. The van der Waals surface area contributed by atoms with Crippen molar-refractivity contribution in [2.75, 3.05) is 32.9 Å². The zero-order chi connectivity index (χ0) is 17.1. The van der Waals surface area contributed by atoms with Crippen molar-refractivity contribution in [3.8, 4) is 11.4 Å². The molecular weight excluding hydrogens is 318 g/mol. The van der Waals surface area contributed by atoms with Gasteiger partial charge in [-0.3, -0.25) is 4.79 Å². The number of aromatic nitrogens is 2. The molecule has 0 atom stereocenters. The van der Waals surface area contributed by atoms with E-state index in [1.54, 1.807) is 11.1 Å². The molecule has 0 radical (unpaired) electrons. The fraction of sp³-hybridized carbons (Fsp3) is 0.263. The van der Waals surface area contributed by atoms with Gasteiger partial charge in [-0.2, -0.15) is 5.10 Å². The molecule has 1 fully saturated rings. The molecule has 6 heteroatoms. The molecule has 6 nitrogen and oxygen atoms in total. The minimum atomic E-state index is -0.0178. The Hall–Kier alpha value is -2.86. The Morgan fingerprint density at radius 2 is 1.88 bits per heavy atom. The molecule has 1 saturated heterocycles. The molecule has 0 saturated carbocycles. The van der Waals surface area contributed by atoms with Crippen LogP contribution in [0.1, 0.15) is 0 Å². The summed E-state index contributed by atoms with van der Waals surface area (Å²) in [6, 6.07) is 15.7. The van der Waals surface area contributed by atoms with Gasteiger partial charge in [0, 0.05) is 13.1 Å². The maximum atomic E-state index is 12.3. The van der Waals surface area contributed by atoms with Gasteiger partial charge in [-0.1, -0.05) is 24.3 Å².